The van der Waals surface area contributed by atoms with Crippen LogP contribution in [0, 0.1) is 11.8 Å². The highest BCUT2D eigenvalue weighted by Crippen LogP contribution is 2.55. The summed E-state index contributed by atoms with van der Waals surface area (Å²) in [5, 5.41) is 0. The van der Waals surface area contributed by atoms with Gasteiger partial charge in [0.1, 0.15) is 0 Å². The van der Waals surface area contributed by atoms with Gasteiger partial charge in [0.2, 0.25) is 0 Å². The van der Waals surface area contributed by atoms with E-state index in [0.717, 1.165) is 11.6 Å². The van der Waals surface area contributed by atoms with Gasteiger partial charge in [0.25, 0.3) is 6.71 Å². The van der Waals surface area contributed by atoms with Crippen LogP contribution in [0.5, 0.6) is 0 Å². The maximum Gasteiger partial charge on any atom is 0.252 e. The first-order valence-corrected chi connectivity index (χ1v) is 30.6. The van der Waals surface area contributed by atoms with Gasteiger partial charge in [-0.05, 0) is 147 Å². The Kier molecular flexibility index (Phi) is 12.9. The van der Waals surface area contributed by atoms with Gasteiger partial charge in [0, 0.05) is 62.8 Å². The van der Waals surface area contributed by atoms with Gasteiger partial charge < -0.3 is 14.7 Å². The summed E-state index contributed by atoms with van der Waals surface area (Å²) in [5.41, 5.74) is 27.9. The largest absolute Gasteiger partial charge is 0.366 e. The molecule has 0 radical (unpaired) electrons. The van der Waals surface area contributed by atoms with Crippen molar-refractivity contribution in [1.29, 1.82) is 0 Å². The van der Waals surface area contributed by atoms with Crippen molar-refractivity contribution in [2.45, 2.75) is 77.8 Å². The molecule has 1 saturated heterocycles. The summed E-state index contributed by atoms with van der Waals surface area (Å²) in [4.78, 5) is 8.25. The molecular formula is C80H70BN3. The standard InChI is InChI=1S/C80H70BN3/c1-53-45-55-47-54(2)82(66(46-53)48-55)65-42-43-71-74(52-65)84(79-69(60-29-17-9-18-30-60)35-22-36-70(79)61-31-19-10-20-32-61)76-51-63(57-37-40-64(41-38-57)80(3,4)5)50-75-77(76)81(71)72-49-62(56-23-11-6-12-24-56)39-44-73(72)83(75)78-67(58-25-13-7-14-26-58)33-21-34-68(78)59-27-15-8-16-28-59/h6-44,49-55,66H,45-48H2,1-5H3. The average molecular weight is 1080 g/mol. The maximum atomic E-state index is 2.84. The highest BCUT2D eigenvalue weighted by Gasteiger charge is 2.47. The van der Waals surface area contributed by atoms with Crippen LogP contribution in [0.15, 0.2) is 261 Å². The lowest BCUT2D eigenvalue weighted by Crippen LogP contribution is -2.61. The highest BCUT2D eigenvalue weighted by molar-refractivity contribution is 7.00. The van der Waals surface area contributed by atoms with Crippen molar-refractivity contribution in [3.63, 3.8) is 0 Å². The number of anilines is 7. The first-order chi connectivity index (χ1) is 41.1. The number of rotatable bonds is 9. The minimum Gasteiger partial charge on any atom is -0.366 e. The molecule has 2 bridgehead atoms. The third-order valence-corrected chi connectivity index (χ3v) is 19.0. The molecule has 11 aromatic carbocycles. The Morgan fingerprint density at radius 2 is 0.821 bits per heavy atom. The van der Waals surface area contributed by atoms with Gasteiger partial charge in [-0.1, -0.05) is 258 Å². The van der Waals surface area contributed by atoms with Crippen molar-refractivity contribution >= 4 is 62.9 Å². The normalized spacial score (nSPS) is 17.8. The van der Waals surface area contributed by atoms with E-state index in [1.807, 2.05) is 0 Å². The molecule has 1 saturated carbocycles. The first-order valence-electron chi connectivity index (χ1n) is 30.6. The van der Waals surface area contributed by atoms with E-state index in [2.05, 4.69) is 310 Å². The van der Waals surface area contributed by atoms with E-state index in [1.165, 1.54) is 149 Å². The van der Waals surface area contributed by atoms with Crippen LogP contribution in [-0.2, 0) is 5.41 Å². The molecule has 4 atom stereocenters. The number of para-hydroxylation sites is 2. The SMILES string of the molecule is CC1CC2CC(C)N(c3ccc4c(c3)N(c3c(-c5ccccc5)cccc3-c3ccccc3)c3cc(-c5ccc(C(C)(C)C)cc5)cc5c3B4c3cc(-c4ccccc4)ccc3N5c3c(-c4ccccc4)cccc3-c3ccccc3)C(C1)C2. The maximum absolute atomic E-state index is 2.84. The van der Waals surface area contributed by atoms with Crippen molar-refractivity contribution in [3.8, 4) is 66.8 Å². The fourth-order valence-corrected chi connectivity index (χ4v) is 15.3. The molecule has 4 unspecified atom stereocenters. The highest BCUT2D eigenvalue weighted by atomic mass is 15.2. The lowest BCUT2D eigenvalue weighted by molar-refractivity contribution is 0.179. The summed E-state index contributed by atoms with van der Waals surface area (Å²) in [6.07, 6.45) is 5.06. The Bertz CT molecular complexity index is 4110. The molecule has 3 aliphatic heterocycles. The smallest absolute Gasteiger partial charge is 0.252 e. The molecular weight excluding hydrogens is 1010 g/mol. The predicted octanol–water partition coefficient (Wildman–Crippen LogP) is 19.5. The first kappa shape index (κ1) is 51.7. The zero-order valence-corrected chi connectivity index (χ0v) is 48.9. The van der Waals surface area contributed by atoms with E-state index in [-0.39, 0.29) is 12.1 Å². The van der Waals surface area contributed by atoms with Crippen molar-refractivity contribution in [2.24, 2.45) is 11.8 Å². The van der Waals surface area contributed by atoms with Crippen molar-refractivity contribution in [3.05, 3.63) is 266 Å². The van der Waals surface area contributed by atoms with Gasteiger partial charge in [-0.15, -0.1) is 0 Å². The molecule has 84 heavy (non-hydrogen) atoms. The lowest BCUT2D eigenvalue weighted by Gasteiger charge is -2.51. The van der Waals surface area contributed by atoms with E-state index in [4.69, 9.17) is 0 Å². The second-order valence-corrected chi connectivity index (χ2v) is 25.4. The Balaban J connectivity index is 1.11. The monoisotopic (exact) mass is 1080 g/mol. The van der Waals surface area contributed by atoms with Crippen LogP contribution < -0.4 is 31.1 Å². The van der Waals surface area contributed by atoms with Gasteiger partial charge in [0.15, 0.2) is 0 Å². The third-order valence-electron chi connectivity index (χ3n) is 19.0. The quantitative estimate of drug-likeness (QED) is 0.133. The van der Waals surface area contributed by atoms with Crippen molar-refractivity contribution in [1.82, 2.24) is 0 Å². The number of hydrogen-bond donors (Lipinski definition) is 0. The van der Waals surface area contributed by atoms with Crippen LogP contribution in [-0.4, -0.2) is 18.8 Å². The van der Waals surface area contributed by atoms with Gasteiger partial charge in [0.05, 0.1) is 11.4 Å². The number of nitrogens with zero attached hydrogens (tertiary/aromatic N) is 3. The zero-order chi connectivity index (χ0) is 56.6. The van der Waals surface area contributed by atoms with Crippen LogP contribution in [0.25, 0.3) is 66.8 Å². The molecule has 0 spiro atoms. The second-order valence-electron chi connectivity index (χ2n) is 25.4. The summed E-state index contributed by atoms with van der Waals surface area (Å²) in [5.74, 6) is 1.49. The van der Waals surface area contributed by atoms with Gasteiger partial charge in [-0.3, -0.25) is 0 Å². The van der Waals surface area contributed by atoms with Crippen LogP contribution >= 0.6 is 0 Å². The Morgan fingerprint density at radius 1 is 0.357 bits per heavy atom. The lowest BCUT2D eigenvalue weighted by atomic mass is 9.33. The molecule has 408 valence electrons. The van der Waals surface area contributed by atoms with Crippen LogP contribution in [0.2, 0.25) is 0 Å². The molecule has 4 heteroatoms. The van der Waals surface area contributed by atoms with E-state index in [0.29, 0.717) is 18.0 Å². The number of piperidine rings is 1. The van der Waals surface area contributed by atoms with Crippen molar-refractivity contribution in [2.75, 3.05) is 14.7 Å². The summed E-state index contributed by atoms with van der Waals surface area (Å²) in [6.45, 7) is 11.8. The molecule has 4 aliphatic rings. The summed E-state index contributed by atoms with van der Waals surface area (Å²) >= 11 is 0. The molecule has 0 amide bonds. The molecule has 3 nitrogen and oxygen atoms in total. The second kappa shape index (κ2) is 20.9. The van der Waals surface area contributed by atoms with Gasteiger partial charge >= 0.3 is 0 Å². The number of fused-ring (bicyclic) bond motifs is 6. The third kappa shape index (κ3) is 8.97. The van der Waals surface area contributed by atoms with Gasteiger partial charge in [-0.25, -0.2) is 0 Å². The summed E-state index contributed by atoms with van der Waals surface area (Å²) in [6, 6.07) is 99.8. The fourth-order valence-electron chi connectivity index (χ4n) is 15.3. The van der Waals surface area contributed by atoms with Crippen LogP contribution in [0.1, 0.15) is 65.9 Å². The number of benzene rings is 11. The van der Waals surface area contributed by atoms with Gasteiger partial charge in [-0.2, -0.15) is 0 Å². The van der Waals surface area contributed by atoms with E-state index < -0.39 is 0 Å². The van der Waals surface area contributed by atoms with Crippen LogP contribution in [0.3, 0.4) is 0 Å². The molecule has 2 fully saturated rings. The molecule has 11 aromatic rings. The predicted molar refractivity (Wildman–Crippen MR) is 359 cm³/mol. The average Bonchev–Trinajstić information content (AvgIpc) is 0.728. The molecule has 0 N–H and O–H groups in total. The molecule has 0 aromatic heterocycles. The summed E-state index contributed by atoms with van der Waals surface area (Å²) in [7, 11) is 0. The Morgan fingerprint density at radius 3 is 1.32 bits per heavy atom. The molecule has 15 rings (SSSR count). The topological polar surface area (TPSA) is 9.72 Å². The van der Waals surface area contributed by atoms with E-state index in [1.54, 1.807) is 0 Å². The van der Waals surface area contributed by atoms with E-state index >= 15 is 0 Å². The molecule has 1 aliphatic carbocycles. The minimum atomic E-state index is -0.131. The fraction of sp³-hybridized carbons (Fsp3) is 0.175. The Hall–Kier alpha value is -9.12. The molecule has 3 heterocycles. The zero-order valence-electron chi connectivity index (χ0n) is 48.9. The Labute approximate surface area is 497 Å². The van der Waals surface area contributed by atoms with Crippen molar-refractivity contribution < 1.29 is 0 Å². The van der Waals surface area contributed by atoms with E-state index in [9.17, 15) is 0 Å². The van der Waals surface area contributed by atoms with Crippen LogP contribution in [0.4, 0.5) is 39.8 Å². The minimum absolute atomic E-state index is 0.00264. The number of hydrogen-bond acceptors (Lipinski definition) is 3. The summed E-state index contributed by atoms with van der Waals surface area (Å²) < 4.78 is 0.